The summed E-state index contributed by atoms with van der Waals surface area (Å²) in [5, 5.41) is 8.57. The highest BCUT2D eigenvalue weighted by Crippen LogP contribution is 2.33. The summed E-state index contributed by atoms with van der Waals surface area (Å²) in [6.45, 7) is 4.40. The van der Waals surface area contributed by atoms with E-state index in [0.717, 1.165) is 30.0 Å². The monoisotopic (exact) mass is 379 g/mol. The molecule has 1 saturated carbocycles. The van der Waals surface area contributed by atoms with Gasteiger partial charge in [-0.15, -0.1) is 0 Å². The Balaban J connectivity index is 1.40. The van der Waals surface area contributed by atoms with Gasteiger partial charge in [-0.1, -0.05) is 18.0 Å². The van der Waals surface area contributed by atoms with E-state index in [1.807, 2.05) is 29.1 Å². The van der Waals surface area contributed by atoms with Crippen LogP contribution in [0.4, 0.5) is 0 Å². The standard InChI is InChI=1S/C21H25N5O2/c1-15-13-16(7-8-18(15)26-10-4-9-22-26)20-23-21(28-24-20)19-14-27-12-11-25(19)17-5-2-3-6-17/h4,7-10,13,17,19H,2-3,5-6,11-12,14H2,1H3. The quantitative estimate of drug-likeness (QED) is 0.691. The van der Waals surface area contributed by atoms with Crippen LogP contribution < -0.4 is 0 Å². The number of nitrogens with zero attached hydrogens (tertiary/aromatic N) is 5. The molecule has 1 aromatic carbocycles. The van der Waals surface area contributed by atoms with Crippen molar-refractivity contribution in [2.75, 3.05) is 19.8 Å². The predicted molar refractivity (Wildman–Crippen MR) is 104 cm³/mol. The molecular formula is C21H25N5O2. The predicted octanol–water partition coefficient (Wildman–Crippen LogP) is 3.55. The zero-order valence-electron chi connectivity index (χ0n) is 16.1. The van der Waals surface area contributed by atoms with E-state index >= 15 is 0 Å². The van der Waals surface area contributed by atoms with Crippen LogP contribution in [-0.2, 0) is 4.74 Å². The lowest BCUT2D eigenvalue weighted by atomic mass is 10.1. The second kappa shape index (κ2) is 7.48. The minimum Gasteiger partial charge on any atom is -0.378 e. The van der Waals surface area contributed by atoms with Crippen molar-refractivity contribution in [1.82, 2.24) is 24.8 Å². The molecule has 2 aromatic heterocycles. The molecule has 28 heavy (non-hydrogen) atoms. The average molecular weight is 379 g/mol. The van der Waals surface area contributed by atoms with Crippen LogP contribution >= 0.6 is 0 Å². The zero-order valence-corrected chi connectivity index (χ0v) is 16.1. The van der Waals surface area contributed by atoms with Crippen molar-refractivity contribution in [2.24, 2.45) is 0 Å². The van der Waals surface area contributed by atoms with Crippen molar-refractivity contribution in [3.63, 3.8) is 0 Å². The molecule has 3 heterocycles. The van der Waals surface area contributed by atoms with Crippen LogP contribution in [0.15, 0.2) is 41.2 Å². The van der Waals surface area contributed by atoms with Crippen LogP contribution in [0, 0.1) is 6.92 Å². The molecule has 0 amide bonds. The van der Waals surface area contributed by atoms with Crippen LogP contribution in [0.3, 0.4) is 0 Å². The van der Waals surface area contributed by atoms with Gasteiger partial charge in [0.1, 0.15) is 6.04 Å². The molecule has 2 fully saturated rings. The summed E-state index contributed by atoms with van der Waals surface area (Å²) < 4.78 is 13.3. The van der Waals surface area contributed by atoms with Crippen LogP contribution in [-0.4, -0.2) is 50.6 Å². The third-order valence-electron chi connectivity index (χ3n) is 5.90. The van der Waals surface area contributed by atoms with Gasteiger partial charge in [-0.05, 0) is 49.6 Å². The molecule has 1 aliphatic carbocycles. The van der Waals surface area contributed by atoms with Gasteiger partial charge in [-0.2, -0.15) is 10.1 Å². The Kier molecular flexibility index (Phi) is 4.70. The molecule has 0 bridgehead atoms. The van der Waals surface area contributed by atoms with E-state index in [9.17, 15) is 0 Å². The number of ether oxygens (including phenoxy) is 1. The van der Waals surface area contributed by atoms with Crippen LogP contribution in [0.5, 0.6) is 0 Å². The Bertz CT molecular complexity index is 930. The van der Waals surface area contributed by atoms with E-state index in [-0.39, 0.29) is 6.04 Å². The number of hydrogen-bond acceptors (Lipinski definition) is 6. The third kappa shape index (κ3) is 3.25. The Morgan fingerprint density at radius 3 is 2.86 bits per heavy atom. The van der Waals surface area contributed by atoms with E-state index in [1.54, 1.807) is 6.20 Å². The lowest BCUT2D eigenvalue weighted by molar-refractivity contribution is -0.0397. The molecule has 3 aromatic rings. The average Bonchev–Trinajstić information content (AvgIpc) is 3.50. The van der Waals surface area contributed by atoms with Crippen LogP contribution in [0.1, 0.15) is 43.2 Å². The van der Waals surface area contributed by atoms with Crippen molar-refractivity contribution in [1.29, 1.82) is 0 Å². The number of morpholine rings is 1. The zero-order chi connectivity index (χ0) is 18.9. The largest absolute Gasteiger partial charge is 0.378 e. The van der Waals surface area contributed by atoms with Gasteiger partial charge >= 0.3 is 0 Å². The Hall–Kier alpha value is -2.51. The molecule has 0 spiro atoms. The maximum atomic E-state index is 5.74. The lowest BCUT2D eigenvalue weighted by Gasteiger charge is -2.37. The molecule has 1 atom stereocenters. The summed E-state index contributed by atoms with van der Waals surface area (Å²) in [5.74, 6) is 1.29. The van der Waals surface area contributed by atoms with Crippen molar-refractivity contribution < 1.29 is 9.26 Å². The SMILES string of the molecule is Cc1cc(-c2noc(C3COCCN3C3CCCC3)n2)ccc1-n1cccn1. The molecule has 1 saturated heterocycles. The second-order valence-electron chi connectivity index (χ2n) is 7.67. The lowest BCUT2D eigenvalue weighted by Crippen LogP contribution is -2.44. The summed E-state index contributed by atoms with van der Waals surface area (Å²) in [4.78, 5) is 7.25. The number of hydrogen-bond donors (Lipinski definition) is 0. The molecule has 5 rings (SSSR count). The van der Waals surface area contributed by atoms with Crippen molar-refractivity contribution in [3.05, 3.63) is 48.1 Å². The molecule has 0 N–H and O–H groups in total. The molecule has 1 unspecified atom stereocenters. The molecule has 2 aliphatic rings. The van der Waals surface area contributed by atoms with Gasteiger partial charge in [0.05, 0.1) is 18.9 Å². The van der Waals surface area contributed by atoms with Gasteiger partial charge in [0.15, 0.2) is 0 Å². The smallest absolute Gasteiger partial charge is 0.246 e. The number of rotatable bonds is 4. The minimum atomic E-state index is 0.0579. The topological polar surface area (TPSA) is 69.2 Å². The van der Waals surface area contributed by atoms with Crippen LogP contribution in [0.2, 0.25) is 0 Å². The maximum absolute atomic E-state index is 5.74. The molecule has 0 radical (unpaired) electrons. The fraction of sp³-hybridized carbons (Fsp3) is 0.476. The highest BCUT2D eigenvalue weighted by atomic mass is 16.5. The first-order valence-electron chi connectivity index (χ1n) is 10.1. The Morgan fingerprint density at radius 2 is 2.07 bits per heavy atom. The van der Waals surface area contributed by atoms with Gasteiger partial charge in [-0.25, -0.2) is 4.68 Å². The minimum absolute atomic E-state index is 0.0579. The normalized spacial score (nSPS) is 21.4. The first-order valence-corrected chi connectivity index (χ1v) is 10.1. The fourth-order valence-electron chi connectivity index (χ4n) is 4.45. The van der Waals surface area contributed by atoms with E-state index < -0.39 is 0 Å². The molecule has 146 valence electrons. The van der Waals surface area contributed by atoms with E-state index in [4.69, 9.17) is 14.2 Å². The van der Waals surface area contributed by atoms with Crippen molar-refractivity contribution >= 4 is 0 Å². The maximum Gasteiger partial charge on any atom is 0.246 e. The van der Waals surface area contributed by atoms with Crippen molar-refractivity contribution in [2.45, 2.75) is 44.7 Å². The van der Waals surface area contributed by atoms with Gasteiger partial charge in [0.2, 0.25) is 11.7 Å². The fourth-order valence-corrected chi connectivity index (χ4v) is 4.45. The highest BCUT2D eigenvalue weighted by Gasteiger charge is 2.35. The molecule has 1 aliphatic heterocycles. The summed E-state index contributed by atoms with van der Waals surface area (Å²) >= 11 is 0. The Labute approximate surface area is 164 Å². The molecule has 7 heteroatoms. The van der Waals surface area contributed by atoms with Gasteiger partial charge in [0.25, 0.3) is 0 Å². The summed E-state index contributed by atoms with van der Waals surface area (Å²) in [7, 11) is 0. The number of aryl methyl sites for hydroxylation is 1. The first-order chi connectivity index (χ1) is 13.8. The third-order valence-corrected chi connectivity index (χ3v) is 5.90. The number of benzene rings is 1. The van der Waals surface area contributed by atoms with E-state index in [0.29, 0.717) is 24.4 Å². The summed E-state index contributed by atoms with van der Waals surface area (Å²) in [5.41, 5.74) is 3.11. The Morgan fingerprint density at radius 1 is 1.18 bits per heavy atom. The number of aromatic nitrogens is 4. The van der Waals surface area contributed by atoms with Gasteiger partial charge in [0, 0.05) is 30.5 Å². The van der Waals surface area contributed by atoms with Gasteiger partial charge < -0.3 is 9.26 Å². The van der Waals surface area contributed by atoms with Gasteiger partial charge in [-0.3, -0.25) is 4.90 Å². The van der Waals surface area contributed by atoms with E-state index in [2.05, 4.69) is 28.1 Å². The molecular weight excluding hydrogens is 354 g/mol. The van der Waals surface area contributed by atoms with Crippen molar-refractivity contribution in [3.8, 4) is 17.1 Å². The van der Waals surface area contributed by atoms with Crippen LogP contribution in [0.25, 0.3) is 17.1 Å². The first kappa shape index (κ1) is 17.6. The summed E-state index contributed by atoms with van der Waals surface area (Å²) in [6.07, 6.45) is 8.85. The summed E-state index contributed by atoms with van der Waals surface area (Å²) in [6, 6.07) is 8.73. The highest BCUT2D eigenvalue weighted by molar-refractivity contribution is 5.59. The van der Waals surface area contributed by atoms with E-state index in [1.165, 1.54) is 25.7 Å². The second-order valence-corrected chi connectivity index (χ2v) is 7.67. The molecule has 7 nitrogen and oxygen atoms in total.